The van der Waals surface area contributed by atoms with Crippen molar-refractivity contribution >= 4 is 20.9 Å². The Morgan fingerprint density at radius 3 is 2.37 bits per heavy atom. The average molecular weight is 510 g/mol. The molecular formula is C25H30F3N3O3S. The minimum Gasteiger partial charge on any atom is -0.468 e. The molecule has 0 radical (unpaired) electrons. The molecule has 2 heterocycles. The lowest BCUT2D eigenvalue weighted by molar-refractivity contribution is -0.154. The van der Waals surface area contributed by atoms with E-state index in [1.54, 1.807) is 6.07 Å². The average Bonchev–Trinajstić information content (AvgIpc) is 3.16. The molecule has 0 aliphatic heterocycles. The van der Waals surface area contributed by atoms with Crippen molar-refractivity contribution in [3.05, 3.63) is 42.4 Å². The van der Waals surface area contributed by atoms with E-state index in [1.165, 1.54) is 50.3 Å². The van der Waals surface area contributed by atoms with Gasteiger partial charge in [0.2, 0.25) is 15.7 Å². The number of sulfone groups is 1. The third kappa shape index (κ3) is 5.79. The number of fused-ring (bicyclic) bond motifs is 1. The smallest absolute Gasteiger partial charge is 0.422 e. The number of imidazole rings is 1. The minimum absolute atomic E-state index is 0.0146. The van der Waals surface area contributed by atoms with Crippen LogP contribution in [0.2, 0.25) is 0 Å². The fourth-order valence-electron chi connectivity index (χ4n) is 4.59. The first kappa shape index (κ1) is 25.5. The zero-order chi connectivity index (χ0) is 25.4. The maximum Gasteiger partial charge on any atom is 0.422 e. The molecule has 35 heavy (non-hydrogen) atoms. The van der Waals surface area contributed by atoms with Crippen LogP contribution in [0.25, 0.3) is 11.0 Å². The van der Waals surface area contributed by atoms with Crippen LogP contribution in [0.1, 0.15) is 58.7 Å². The molecule has 0 bridgehead atoms. The summed E-state index contributed by atoms with van der Waals surface area (Å²) in [7, 11) is -4.02. The van der Waals surface area contributed by atoms with Crippen molar-refractivity contribution < 1.29 is 26.3 Å². The van der Waals surface area contributed by atoms with E-state index in [4.69, 9.17) is 4.98 Å². The van der Waals surface area contributed by atoms with Crippen LogP contribution in [0.15, 0.2) is 46.3 Å². The highest BCUT2D eigenvalue weighted by Gasteiger charge is 2.30. The molecule has 190 valence electrons. The Morgan fingerprint density at radius 2 is 1.71 bits per heavy atom. The molecule has 1 aliphatic rings. The van der Waals surface area contributed by atoms with E-state index in [0.29, 0.717) is 11.4 Å². The molecule has 0 atom stereocenters. The number of hydrogen-bond donors (Lipinski definition) is 0. The van der Waals surface area contributed by atoms with Crippen molar-refractivity contribution in [2.45, 2.75) is 80.8 Å². The van der Waals surface area contributed by atoms with Crippen LogP contribution in [-0.4, -0.2) is 35.7 Å². The summed E-state index contributed by atoms with van der Waals surface area (Å²) < 4.78 is 70.9. The SMILES string of the molecule is CC(C)(C)c1nc2cc(S(=O)(=O)c3ccnc(OCC(F)(F)F)c3)ccc2n1CC1CCCCC1. The van der Waals surface area contributed by atoms with Gasteiger partial charge >= 0.3 is 6.18 Å². The molecule has 0 spiro atoms. The molecule has 6 nitrogen and oxygen atoms in total. The van der Waals surface area contributed by atoms with Gasteiger partial charge in [0, 0.05) is 24.2 Å². The molecular weight excluding hydrogens is 479 g/mol. The molecule has 1 aromatic carbocycles. The van der Waals surface area contributed by atoms with Crippen molar-refractivity contribution in [2.75, 3.05) is 6.61 Å². The molecule has 1 aliphatic carbocycles. The largest absolute Gasteiger partial charge is 0.468 e. The predicted octanol–water partition coefficient (Wildman–Crippen LogP) is 6.08. The van der Waals surface area contributed by atoms with Gasteiger partial charge in [0.15, 0.2) is 6.61 Å². The van der Waals surface area contributed by atoms with Crippen molar-refractivity contribution in [3.63, 3.8) is 0 Å². The van der Waals surface area contributed by atoms with Gasteiger partial charge in [0.05, 0.1) is 20.8 Å². The number of rotatable bonds is 6. The molecule has 0 N–H and O–H groups in total. The Balaban J connectivity index is 1.70. The van der Waals surface area contributed by atoms with Crippen LogP contribution in [0.3, 0.4) is 0 Å². The molecule has 0 saturated heterocycles. The van der Waals surface area contributed by atoms with Gasteiger partial charge in [-0.25, -0.2) is 18.4 Å². The van der Waals surface area contributed by atoms with E-state index in [1.807, 2.05) is 0 Å². The molecule has 0 amide bonds. The fourth-order valence-corrected chi connectivity index (χ4v) is 5.87. The fraction of sp³-hybridized carbons (Fsp3) is 0.520. The topological polar surface area (TPSA) is 74.1 Å². The van der Waals surface area contributed by atoms with Gasteiger partial charge in [-0.1, -0.05) is 40.0 Å². The number of halogens is 3. The van der Waals surface area contributed by atoms with Crippen molar-refractivity contribution in [3.8, 4) is 5.88 Å². The number of aromatic nitrogens is 3. The highest BCUT2D eigenvalue weighted by atomic mass is 32.2. The van der Waals surface area contributed by atoms with Gasteiger partial charge in [0.25, 0.3) is 0 Å². The van der Waals surface area contributed by atoms with E-state index in [2.05, 4.69) is 35.1 Å². The van der Waals surface area contributed by atoms with E-state index < -0.39 is 28.5 Å². The first-order chi connectivity index (χ1) is 16.3. The van der Waals surface area contributed by atoms with Crippen molar-refractivity contribution in [2.24, 2.45) is 5.92 Å². The quantitative estimate of drug-likeness (QED) is 0.402. The summed E-state index contributed by atoms with van der Waals surface area (Å²) in [6, 6.07) is 7.08. The highest BCUT2D eigenvalue weighted by molar-refractivity contribution is 7.91. The summed E-state index contributed by atoms with van der Waals surface area (Å²) in [5.41, 5.74) is 1.22. The zero-order valence-electron chi connectivity index (χ0n) is 20.1. The standard InChI is InChI=1S/C25H30F3N3O3S/c1-24(2,3)23-30-20-13-18(9-10-21(20)31(23)15-17-7-5-4-6-8-17)35(32,33)19-11-12-29-22(14-19)34-16-25(26,27)28/h9-14,17H,4-8,15-16H2,1-3H3. The second kappa shape index (κ2) is 9.44. The lowest BCUT2D eigenvalue weighted by atomic mass is 9.88. The Kier molecular flexibility index (Phi) is 6.87. The predicted molar refractivity (Wildman–Crippen MR) is 126 cm³/mol. The van der Waals surface area contributed by atoms with Gasteiger partial charge in [-0.05, 0) is 43.0 Å². The van der Waals surface area contributed by atoms with E-state index >= 15 is 0 Å². The van der Waals surface area contributed by atoms with Crippen LogP contribution in [0.5, 0.6) is 5.88 Å². The summed E-state index contributed by atoms with van der Waals surface area (Å²) in [5.74, 6) is 1.06. The summed E-state index contributed by atoms with van der Waals surface area (Å²) in [6.45, 7) is 5.55. The molecule has 0 unspecified atom stereocenters. The Labute approximate surface area is 203 Å². The Hall–Kier alpha value is -2.62. The lowest BCUT2D eigenvalue weighted by Crippen LogP contribution is -2.22. The second-order valence-corrected chi connectivity index (χ2v) is 12.1. The zero-order valence-corrected chi connectivity index (χ0v) is 20.9. The van der Waals surface area contributed by atoms with Gasteiger partial charge in [-0.15, -0.1) is 0 Å². The van der Waals surface area contributed by atoms with Crippen LogP contribution < -0.4 is 4.74 Å². The monoisotopic (exact) mass is 509 g/mol. The summed E-state index contributed by atoms with van der Waals surface area (Å²) in [5, 5.41) is 0. The van der Waals surface area contributed by atoms with Crippen LogP contribution in [-0.2, 0) is 21.8 Å². The maximum absolute atomic E-state index is 13.3. The number of alkyl halides is 3. The first-order valence-electron chi connectivity index (χ1n) is 11.8. The summed E-state index contributed by atoms with van der Waals surface area (Å²) in [6.07, 6.45) is 2.65. The van der Waals surface area contributed by atoms with Crippen LogP contribution in [0.4, 0.5) is 13.2 Å². The van der Waals surface area contributed by atoms with Gasteiger partial charge in [-0.2, -0.15) is 13.2 Å². The molecule has 3 aromatic rings. The highest BCUT2D eigenvalue weighted by Crippen LogP contribution is 2.33. The van der Waals surface area contributed by atoms with Gasteiger partial charge in [-0.3, -0.25) is 0 Å². The molecule has 1 fully saturated rings. The first-order valence-corrected chi connectivity index (χ1v) is 13.2. The maximum atomic E-state index is 13.3. The van der Waals surface area contributed by atoms with E-state index in [0.717, 1.165) is 30.1 Å². The van der Waals surface area contributed by atoms with E-state index in [-0.39, 0.29) is 15.2 Å². The van der Waals surface area contributed by atoms with Crippen molar-refractivity contribution in [1.29, 1.82) is 0 Å². The van der Waals surface area contributed by atoms with E-state index in [9.17, 15) is 21.6 Å². The Morgan fingerprint density at radius 1 is 1.03 bits per heavy atom. The number of pyridine rings is 1. The van der Waals surface area contributed by atoms with Crippen LogP contribution >= 0.6 is 0 Å². The summed E-state index contributed by atoms with van der Waals surface area (Å²) in [4.78, 5) is 8.34. The number of benzene rings is 1. The van der Waals surface area contributed by atoms with Crippen LogP contribution in [0, 0.1) is 5.92 Å². The normalized spacial score (nSPS) is 16.1. The lowest BCUT2D eigenvalue weighted by Gasteiger charge is -2.26. The molecule has 1 saturated carbocycles. The molecule has 10 heteroatoms. The number of nitrogens with zero attached hydrogens (tertiary/aromatic N) is 3. The van der Waals surface area contributed by atoms with Gasteiger partial charge in [0.1, 0.15) is 5.82 Å². The number of hydrogen-bond acceptors (Lipinski definition) is 5. The molecule has 2 aromatic heterocycles. The third-order valence-electron chi connectivity index (χ3n) is 6.27. The minimum atomic E-state index is -4.55. The Bertz CT molecular complexity index is 1300. The second-order valence-electron chi connectivity index (χ2n) is 10.2. The molecule has 4 rings (SSSR count). The third-order valence-corrected chi connectivity index (χ3v) is 8.02. The van der Waals surface area contributed by atoms with Crippen molar-refractivity contribution in [1.82, 2.24) is 14.5 Å². The van der Waals surface area contributed by atoms with Gasteiger partial charge < -0.3 is 9.30 Å². The summed E-state index contributed by atoms with van der Waals surface area (Å²) >= 11 is 0. The number of ether oxygens (including phenoxy) is 1.